The molecule has 30 heavy (non-hydrogen) atoms. The van der Waals surface area contributed by atoms with Crippen LogP contribution in [-0.2, 0) is 11.2 Å². The Hall–Kier alpha value is -1.99. The predicted octanol–water partition coefficient (Wildman–Crippen LogP) is 2.54. The third-order valence-electron chi connectivity index (χ3n) is 6.66. The van der Waals surface area contributed by atoms with Crippen molar-refractivity contribution in [2.24, 2.45) is 5.92 Å². The van der Waals surface area contributed by atoms with E-state index in [4.69, 9.17) is 0 Å². The number of hydrogen-bond acceptors (Lipinski definition) is 5. The lowest BCUT2D eigenvalue weighted by Crippen LogP contribution is -2.58. The van der Waals surface area contributed by atoms with Crippen LogP contribution in [0.3, 0.4) is 0 Å². The monoisotopic (exact) mass is 416 g/mol. The second kappa shape index (κ2) is 9.88. The van der Waals surface area contributed by atoms with Crippen LogP contribution in [0.15, 0.2) is 24.5 Å². The number of rotatable bonds is 9. The van der Waals surface area contributed by atoms with Gasteiger partial charge in [-0.15, -0.1) is 0 Å². The van der Waals surface area contributed by atoms with Gasteiger partial charge in [-0.05, 0) is 62.6 Å². The number of imide groups is 1. The summed E-state index contributed by atoms with van der Waals surface area (Å²) < 4.78 is 0. The number of carbonyl (C=O) groups is 2. The third-order valence-corrected chi connectivity index (χ3v) is 6.66. The summed E-state index contributed by atoms with van der Waals surface area (Å²) >= 11 is 0. The highest BCUT2D eigenvalue weighted by Crippen LogP contribution is 2.38. The van der Waals surface area contributed by atoms with Gasteiger partial charge in [0.05, 0.1) is 6.61 Å². The molecule has 2 saturated heterocycles. The minimum atomic E-state index is -0.714. The van der Waals surface area contributed by atoms with Crippen LogP contribution in [0, 0.1) is 5.92 Å². The van der Waals surface area contributed by atoms with E-state index in [1.807, 2.05) is 24.0 Å². The van der Waals surface area contributed by atoms with Crippen LogP contribution in [0.1, 0.15) is 52.0 Å². The lowest BCUT2D eigenvalue weighted by molar-refractivity contribution is -0.136. The summed E-state index contributed by atoms with van der Waals surface area (Å²) in [5.74, 6) is 0.447. The third kappa shape index (κ3) is 4.67. The number of aliphatic hydroxyl groups excluding tert-OH is 1. The highest BCUT2D eigenvalue weighted by Gasteiger charge is 2.57. The van der Waals surface area contributed by atoms with Gasteiger partial charge in [0.1, 0.15) is 5.54 Å². The highest BCUT2D eigenvalue weighted by atomic mass is 16.3. The average molecular weight is 417 g/mol. The summed E-state index contributed by atoms with van der Waals surface area (Å²) in [5.41, 5.74) is 0.454. The lowest BCUT2D eigenvalue weighted by atomic mass is 9.85. The van der Waals surface area contributed by atoms with Crippen molar-refractivity contribution in [3.05, 3.63) is 30.1 Å². The molecule has 0 saturated carbocycles. The van der Waals surface area contributed by atoms with Gasteiger partial charge in [0.25, 0.3) is 5.91 Å². The van der Waals surface area contributed by atoms with Crippen LogP contribution in [0.25, 0.3) is 0 Å². The molecule has 0 aliphatic carbocycles. The summed E-state index contributed by atoms with van der Waals surface area (Å²) in [6.07, 6.45) is 7.28. The van der Waals surface area contributed by atoms with E-state index in [1.54, 1.807) is 12.4 Å². The first-order valence-corrected chi connectivity index (χ1v) is 11.3. The quantitative estimate of drug-likeness (QED) is 0.626. The van der Waals surface area contributed by atoms with Gasteiger partial charge in [-0.2, -0.15) is 0 Å². The zero-order chi connectivity index (χ0) is 21.7. The fourth-order valence-corrected chi connectivity index (χ4v) is 4.60. The Labute approximate surface area is 180 Å². The van der Waals surface area contributed by atoms with E-state index in [9.17, 15) is 14.7 Å². The molecule has 1 N–H and O–H groups in total. The van der Waals surface area contributed by atoms with Crippen LogP contribution in [0.2, 0.25) is 0 Å². The molecule has 166 valence electrons. The summed E-state index contributed by atoms with van der Waals surface area (Å²) in [5, 5.41) is 9.48. The van der Waals surface area contributed by atoms with Crippen molar-refractivity contribution in [1.29, 1.82) is 0 Å². The zero-order valence-electron chi connectivity index (χ0n) is 18.6. The Bertz CT molecular complexity index is 716. The van der Waals surface area contributed by atoms with E-state index in [-0.39, 0.29) is 24.6 Å². The van der Waals surface area contributed by atoms with Gasteiger partial charge >= 0.3 is 6.03 Å². The van der Waals surface area contributed by atoms with Crippen LogP contribution in [0.4, 0.5) is 4.79 Å². The summed E-state index contributed by atoms with van der Waals surface area (Å²) in [7, 11) is 0. The first-order chi connectivity index (χ1) is 14.4. The fourth-order valence-electron chi connectivity index (χ4n) is 4.60. The van der Waals surface area contributed by atoms with Crippen LogP contribution < -0.4 is 0 Å². The van der Waals surface area contributed by atoms with E-state index >= 15 is 0 Å². The number of urea groups is 1. The van der Waals surface area contributed by atoms with Gasteiger partial charge in [0.15, 0.2) is 0 Å². The number of likely N-dealkylation sites (tertiary alicyclic amines) is 1. The first-order valence-electron chi connectivity index (χ1n) is 11.3. The number of piperidine rings is 1. The molecule has 2 aliphatic heterocycles. The fraction of sp³-hybridized carbons (Fsp3) is 0.696. The van der Waals surface area contributed by atoms with Crippen molar-refractivity contribution in [3.63, 3.8) is 0 Å². The topological polar surface area (TPSA) is 77.0 Å². The van der Waals surface area contributed by atoms with Crippen molar-refractivity contribution in [1.82, 2.24) is 19.7 Å². The number of aliphatic hydroxyl groups is 1. The van der Waals surface area contributed by atoms with Crippen LogP contribution >= 0.6 is 0 Å². The molecule has 2 aliphatic rings. The van der Waals surface area contributed by atoms with Crippen LogP contribution in [0.5, 0.6) is 0 Å². The summed E-state index contributed by atoms with van der Waals surface area (Å²) in [6, 6.07) is 3.90. The number of nitrogens with zero attached hydrogens (tertiary/aromatic N) is 4. The molecule has 1 aromatic heterocycles. The molecule has 3 amide bonds. The van der Waals surface area contributed by atoms with Crippen molar-refractivity contribution in [3.8, 4) is 0 Å². The Morgan fingerprint density at radius 1 is 1.10 bits per heavy atom. The summed E-state index contributed by atoms with van der Waals surface area (Å²) in [4.78, 5) is 36.4. The smallest absolute Gasteiger partial charge is 0.327 e. The molecular weight excluding hydrogens is 380 g/mol. The molecule has 0 bridgehead atoms. The summed E-state index contributed by atoms with van der Waals surface area (Å²) in [6.45, 7) is 8.93. The van der Waals surface area contributed by atoms with Gasteiger partial charge in [0, 0.05) is 44.6 Å². The maximum atomic E-state index is 13.5. The van der Waals surface area contributed by atoms with E-state index in [2.05, 4.69) is 23.7 Å². The number of pyridine rings is 1. The molecule has 1 atom stereocenters. The Balaban J connectivity index is 1.71. The first kappa shape index (κ1) is 22.7. The molecular formula is C23H36N4O3. The number of carbonyl (C=O) groups excluding carboxylic acids is 2. The second-order valence-electron chi connectivity index (χ2n) is 9.13. The molecule has 0 aromatic carbocycles. The Morgan fingerprint density at radius 2 is 1.77 bits per heavy atom. The molecule has 3 rings (SSSR count). The van der Waals surface area contributed by atoms with Crippen molar-refractivity contribution >= 4 is 11.9 Å². The molecule has 1 aromatic rings. The van der Waals surface area contributed by atoms with E-state index in [0.717, 1.165) is 32.4 Å². The molecule has 1 spiro atoms. The van der Waals surface area contributed by atoms with E-state index < -0.39 is 5.54 Å². The predicted molar refractivity (Wildman–Crippen MR) is 116 cm³/mol. The zero-order valence-corrected chi connectivity index (χ0v) is 18.6. The van der Waals surface area contributed by atoms with Crippen molar-refractivity contribution in [2.45, 2.75) is 64.5 Å². The van der Waals surface area contributed by atoms with Gasteiger partial charge < -0.3 is 10.0 Å². The molecule has 7 heteroatoms. The average Bonchev–Trinajstić information content (AvgIpc) is 2.94. The van der Waals surface area contributed by atoms with Crippen molar-refractivity contribution in [2.75, 3.05) is 32.8 Å². The minimum Gasteiger partial charge on any atom is -0.395 e. The maximum Gasteiger partial charge on any atom is 0.327 e. The molecule has 2 fully saturated rings. The van der Waals surface area contributed by atoms with Gasteiger partial charge in [-0.3, -0.25) is 19.6 Å². The van der Waals surface area contributed by atoms with Crippen molar-refractivity contribution < 1.29 is 14.7 Å². The lowest BCUT2D eigenvalue weighted by Gasteiger charge is -2.44. The Kier molecular flexibility index (Phi) is 7.47. The maximum absolute atomic E-state index is 13.5. The normalized spacial score (nSPS) is 20.6. The van der Waals surface area contributed by atoms with E-state index in [0.29, 0.717) is 31.8 Å². The standard InChI is InChI=1S/C23H36N4O3/c1-18(2)8-14-27-22(30)26(13-4-5-20-6-11-24-12-7-20)21(29)23(27)9-15-25(16-10-23)19(3)17-28/h6-7,11-12,18-19,28H,4-5,8-10,13-17H2,1-3H3/t19-/m0/s1. The number of aromatic nitrogens is 1. The number of aryl methyl sites for hydroxylation is 1. The van der Waals surface area contributed by atoms with Gasteiger partial charge in [-0.1, -0.05) is 13.8 Å². The van der Waals surface area contributed by atoms with E-state index in [1.165, 1.54) is 10.5 Å². The number of hydrogen-bond donors (Lipinski definition) is 1. The molecule has 3 heterocycles. The molecule has 7 nitrogen and oxygen atoms in total. The van der Waals surface area contributed by atoms with Gasteiger partial charge in [-0.25, -0.2) is 4.79 Å². The van der Waals surface area contributed by atoms with Gasteiger partial charge in [0.2, 0.25) is 0 Å². The van der Waals surface area contributed by atoms with Crippen LogP contribution in [-0.4, -0.2) is 81.1 Å². The largest absolute Gasteiger partial charge is 0.395 e. The SMILES string of the molecule is CC(C)CCN1C(=O)N(CCCc2ccncc2)C(=O)C12CCN([C@@H](C)CO)CC2. The minimum absolute atomic E-state index is 0.0257. The highest BCUT2D eigenvalue weighted by molar-refractivity contribution is 6.07. The second-order valence-corrected chi connectivity index (χ2v) is 9.13. The molecule has 0 unspecified atom stereocenters. The molecule has 0 radical (unpaired) electrons. The Morgan fingerprint density at radius 3 is 2.37 bits per heavy atom. The number of amides is 3.